The number of β-amino-alcohol motifs (C(OH)–C–C–N with tert-alkyl or cyclic N) is 1. The number of allylic oxidation sites excluding steroid dienone is 2. The summed E-state index contributed by atoms with van der Waals surface area (Å²) in [7, 11) is 3.32. The van der Waals surface area contributed by atoms with Crippen molar-refractivity contribution in [1.29, 1.82) is 0 Å². The number of amides is 2. The highest BCUT2D eigenvalue weighted by Gasteiger charge is 2.22. The standard InChI is InChI=1S/C38H49N11O6/c1-5-49-30(19-25(2)44-49)36(53)43-38-42-29-22-27(35(39)52)23-32(55-18-8-9-45-12-14-46(15-13-45)16-17-50)34(29)48(38)11-7-6-10-47-33-28(41-37(47)40-3)20-26(24-51)21-31(33)54-4/h6-7,19-24,50H,5,8-18H2,1-4H3,(H2,39,52)(H,40,41)(H,42,43,53)/b7-6+. The van der Waals surface area contributed by atoms with Crippen molar-refractivity contribution in [2.45, 2.75) is 39.9 Å². The molecule has 0 unspecified atom stereocenters. The summed E-state index contributed by atoms with van der Waals surface area (Å²) < 4.78 is 17.4. The number of rotatable bonds is 18. The Kier molecular flexibility index (Phi) is 12.4. The molecule has 0 aliphatic carbocycles. The second-order valence-corrected chi connectivity index (χ2v) is 13.3. The van der Waals surface area contributed by atoms with Crippen LogP contribution in [0.15, 0.2) is 42.5 Å². The van der Waals surface area contributed by atoms with Gasteiger partial charge in [-0.05, 0) is 50.6 Å². The lowest BCUT2D eigenvalue weighted by Crippen LogP contribution is -2.47. The van der Waals surface area contributed by atoms with E-state index < -0.39 is 5.91 Å². The third kappa shape index (κ3) is 8.64. The molecule has 3 aromatic heterocycles. The molecule has 17 heteroatoms. The molecule has 5 N–H and O–H groups in total. The Balaban J connectivity index is 1.31. The summed E-state index contributed by atoms with van der Waals surface area (Å²) in [4.78, 5) is 51.8. The van der Waals surface area contributed by atoms with E-state index in [1.165, 1.54) is 0 Å². The summed E-state index contributed by atoms with van der Waals surface area (Å²) >= 11 is 0. The molecule has 0 atom stereocenters. The number of fused-ring (bicyclic) bond motifs is 2. The van der Waals surface area contributed by atoms with Crippen LogP contribution in [0.1, 0.15) is 50.2 Å². The second kappa shape index (κ2) is 17.6. The van der Waals surface area contributed by atoms with Crippen LogP contribution in [-0.2, 0) is 19.6 Å². The molecular formula is C38H49N11O6. The summed E-state index contributed by atoms with van der Waals surface area (Å²) in [6.45, 7) is 10.6. The Morgan fingerprint density at radius 2 is 1.58 bits per heavy atom. The minimum absolute atomic E-state index is 0.159. The van der Waals surface area contributed by atoms with Crippen molar-refractivity contribution >= 4 is 52.1 Å². The second-order valence-electron chi connectivity index (χ2n) is 13.3. The normalized spacial score (nSPS) is 13.9. The highest BCUT2D eigenvalue weighted by atomic mass is 16.5. The van der Waals surface area contributed by atoms with Gasteiger partial charge in [-0.2, -0.15) is 5.10 Å². The van der Waals surface area contributed by atoms with E-state index >= 15 is 0 Å². The average Bonchev–Trinajstić information content (AvgIpc) is 3.87. The summed E-state index contributed by atoms with van der Waals surface area (Å²) in [5.74, 6) is 0.773. The van der Waals surface area contributed by atoms with Crippen LogP contribution in [0.3, 0.4) is 0 Å². The molecule has 2 aromatic carbocycles. The van der Waals surface area contributed by atoms with Crippen molar-refractivity contribution in [3.63, 3.8) is 0 Å². The zero-order chi connectivity index (χ0) is 39.1. The lowest BCUT2D eigenvalue weighted by Gasteiger charge is -2.34. The van der Waals surface area contributed by atoms with Gasteiger partial charge < -0.3 is 39.7 Å². The maximum Gasteiger partial charge on any atom is 0.276 e. The van der Waals surface area contributed by atoms with Gasteiger partial charge in [-0.3, -0.25) is 29.3 Å². The van der Waals surface area contributed by atoms with Crippen molar-refractivity contribution in [3.8, 4) is 11.5 Å². The molecule has 6 rings (SSSR count). The maximum absolute atomic E-state index is 13.7. The van der Waals surface area contributed by atoms with Gasteiger partial charge >= 0.3 is 0 Å². The topological polar surface area (TPSA) is 200 Å². The van der Waals surface area contributed by atoms with Crippen LogP contribution in [0.4, 0.5) is 11.9 Å². The number of methoxy groups -OCH3 is 1. The first-order valence-electron chi connectivity index (χ1n) is 18.4. The average molecular weight is 756 g/mol. The van der Waals surface area contributed by atoms with E-state index in [0.29, 0.717) is 77.2 Å². The molecule has 0 saturated carbocycles. The summed E-state index contributed by atoms with van der Waals surface area (Å²) in [5, 5.41) is 19.8. The first kappa shape index (κ1) is 38.9. The van der Waals surface area contributed by atoms with Crippen LogP contribution in [0.5, 0.6) is 11.5 Å². The van der Waals surface area contributed by atoms with E-state index in [9.17, 15) is 19.5 Å². The van der Waals surface area contributed by atoms with E-state index in [2.05, 4.69) is 30.5 Å². The van der Waals surface area contributed by atoms with Crippen LogP contribution in [-0.4, -0.2) is 129 Å². The summed E-state index contributed by atoms with van der Waals surface area (Å²) in [6, 6.07) is 8.34. The summed E-state index contributed by atoms with van der Waals surface area (Å²) in [5.41, 5.74) is 9.92. The first-order chi connectivity index (χ1) is 26.7. The number of nitrogens with two attached hydrogens (primary N) is 1. The Bertz CT molecular complexity index is 2200. The number of aldehydes is 1. The molecule has 55 heavy (non-hydrogen) atoms. The third-order valence-corrected chi connectivity index (χ3v) is 9.66. The maximum atomic E-state index is 13.7. The third-order valence-electron chi connectivity index (χ3n) is 9.66. The highest BCUT2D eigenvalue weighted by Crippen LogP contribution is 2.32. The number of piperazine rings is 1. The van der Waals surface area contributed by atoms with Gasteiger partial charge in [0.25, 0.3) is 5.91 Å². The van der Waals surface area contributed by atoms with Gasteiger partial charge in [0.05, 0.1) is 37.1 Å². The number of hydrogen-bond donors (Lipinski definition) is 4. The number of hydrogen-bond acceptors (Lipinski definition) is 12. The molecular weight excluding hydrogens is 706 g/mol. The lowest BCUT2D eigenvalue weighted by molar-refractivity contribution is 0.0995. The van der Waals surface area contributed by atoms with Gasteiger partial charge in [0.1, 0.15) is 34.5 Å². The molecule has 1 aliphatic rings. The Labute approximate surface area is 318 Å². The smallest absolute Gasteiger partial charge is 0.276 e. The van der Waals surface area contributed by atoms with E-state index in [1.54, 1.807) is 49.2 Å². The van der Waals surface area contributed by atoms with Crippen LogP contribution in [0.25, 0.3) is 22.1 Å². The molecule has 4 heterocycles. The monoisotopic (exact) mass is 755 g/mol. The number of primary amides is 1. The van der Waals surface area contributed by atoms with Gasteiger partial charge in [0.2, 0.25) is 17.8 Å². The number of carbonyl (C=O) groups excluding carboxylic acids is 3. The molecule has 292 valence electrons. The number of nitrogens with one attached hydrogen (secondary N) is 2. The Morgan fingerprint density at radius 1 is 0.927 bits per heavy atom. The predicted molar refractivity (Wildman–Crippen MR) is 209 cm³/mol. The number of aryl methyl sites for hydroxylation is 2. The minimum Gasteiger partial charge on any atom is -0.494 e. The van der Waals surface area contributed by atoms with E-state index in [0.717, 1.165) is 50.9 Å². The van der Waals surface area contributed by atoms with Crippen LogP contribution in [0.2, 0.25) is 0 Å². The number of benzene rings is 2. The highest BCUT2D eigenvalue weighted by molar-refractivity contribution is 6.04. The number of ether oxygens (including phenoxy) is 2. The van der Waals surface area contributed by atoms with Gasteiger partial charge in [-0.1, -0.05) is 12.2 Å². The number of anilines is 2. The lowest BCUT2D eigenvalue weighted by atomic mass is 10.1. The van der Waals surface area contributed by atoms with Gasteiger partial charge in [-0.15, -0.1) is 0 Å². The minimum atomic E-state index is -0.626. The van der Waals surface area contributed by atoms with Crippen LogP contribution < -0.4 is 25.8 Å². The van der Waals surface area contributed by atoms with Crippen molar-refractivity contribution < 1.29 is 29.0 Å². The van der Waals surface area contributed by atoms with E-state index in [4.69, 9.17) is 20.2 Å². The SMILES string of the molecule is CCn1nc(C)cc1C(=O)Nc1nc2cc(C(N)=O)cc(OCCCN3CCN(CCO)CC3)c2n1C/C=C/Cn1c(NC)nc2cc(C=O)cc(OC)c21. The fourth-order valence-electron chi connectivity index (χ4n) is 6.94. The Hall–Kier alpha value is -5.78. The van der Waals surface area contributed by atoms with Crippen molar-refractivity contribution in [3.05, 3.63) is 65.0 Å². The zero-order valence-electron chi connectivity index (χ0n) is 31.7. The number of aliphatic hydroxyl groups is 1. The summed E-state index contributed by atoms with van der Waals surface area (Å²) in [6.07, 6.45) is 5.40. The van der Waals surface area contributed by atoms with Crippen molar-refractivity contribution in [2.75, 3.05) is 77.3 Å². The molecule has 0 bridgehead atoms. The molecule has 0 radical (unpaired) electrons. The zero-order valence-corrected chi connectivity index (χ0v) is 31.7. The van der Waals surface area contributed by atoms with Crippen LogP contribution >= 0.6 is 0 Å². The molecule has 1 saturated heterocycles. The predicted octanol–water partition coefficient (Wildman–Crippen LogP) is 2.76. The number of aliphatic hydroxyl groups excluding tert-OH is 1. The van der Waals surface area contributed by atoms with Crippen LogP contribution in [0, 0.1) is 6.92 Å². The van der Waals surface area contributed by atoms with Gasteiger partial charge in [0.15, 0.2) is 0 Å². The molecule has 1 aliphatic heterocycles. The Morgan fingerprint density at radius 3 is 2.22 bits per heavy atom. The molecule has 2 amide bonds. The molecule has 1 fully saturated rings. The van der Waals surface area contributed by atoms with Gasteiger partial charge in [0, 0.05) is 77.1 Å². The van der Waals surface area contributed by atoms with Crippen molar-refractivity contribution in [2.24, 2.45) is 5.73 Å². The quantitative estimate of drug-likeness (QED) is 0.0580. The van der Waals surface area contributed by atoms with Gasteiger partial charge in [-0.25, -0.2) is 9.97 Å². The first-order valence-corrected chi connectivity index (χ1v) is 18.4. The van der Waals surface area contributed by atoms with Crippen molar-refractivity contribution in [1.82, 2.24) is 38.7 Å². The largest absolute Gasteiger partial charge is 0.494 e. The number of carbonyl (C=O) groups is 3. The molecule has 5 aromatic rings. The number of nitrogens with zero attached hydrogens (tertiary/aromatic N) is 8. The fourth-order valence-corrected chi connectivity index (χ4v) is 6.94. The van der Waals surface area contributed by atoms with E-state index in [1.807, 2.05) is 35.1 Å². The number of imidazole rings is 2. The number of aromatic nitrogens is 6. The fraction of sp³-hybridized carbons (Fsp3) is 0.421. The van der Waals surface area contributed by atoms with E-state index in [-0.39, 0.29) is 30.6 Å². The molecule has 17 nitrogen and oxygen atoms in total. The molecule has 0 spiro atoms.